The van der Waals surface area contributed by atoms with Crippen molar-refractivity contribution in [3.05, 3.63) is 53.7 Å². The van der Waals surface area contributed by atoms with E-state index in [1.165, 1.54) is 0 Å². The molecule has 2 aromatic rings. The summed E-state index contributed by atoms with van der Waals surface area (Å²) in [7, 11) is 1.66. The largest absolute Gasteiger partial charge is 0.497 e. The Balaban J connectivity index is 2.01. The summed E-state index contributed by atoms with van der Waals surface area (Å²) in [5, 5.41) is 12.3. The lowest BCUT2D eigenvalue weighted by molar-refractivity contribution is 0.299. The van der Waals surface area contributed by atoms with Crippen LogP contribution in [0.15, 0.2) is 42.6 Å². The zero-order chi connectivity index (χ0) is 13.5. The topological polar surface area (TPSA) is 54.4 Å². The maximum atomic E-state index is 9.02. The number of aromatic nitrogens is 1. The molecule has 1 aromatic heterocycles. The van der Waals surface area contributed by atoms with Crippen LogP contribution in [0.1, 0.15) is 11.1 Å². The smallest absolute Gasteiger partial charge is 0.129 e. The quantitative estimate of drug-likeness (QED) is 0.834. The van der Waals surface area contributed by atoms with Crippen molar-refractivity contribution in [2.75, 3.05) is 19.0 Å². The first-order chi connectivity index (χ1) is 9.33. The Labute approximate surface area is 113 Å². The highest BCUT2D eigenvalue weighted by molar-refractivity contribution is 5.44. The van der Waals surface area contributed by atoms with Gasteiger partial charge in [0, 0.05) is 19.3 Å². The second kappa shape index (κ2) is 6.75. The standard InChI is InChI=1S/C15H18N2O2/c1-19-14-6-4-12(5-7-14)11-17-15-13(8-10-18)3-2-9-16-15/h2-7,9,18H,8,10-11H2,1H3,(H,16,17). The van der Waals surface area contributed by atoms with Crippen LogP contribution in [0.25, 0.3) is 0 Å². The van der Waals surface area contributed by atoms with Gasteiger partial charge >= 0.3 is 0 Å². The zero-order valence-electron chi connectivity index (χ0n) is 11.0. The van der Waals surface area contributed by atoms with E-state index in [2.05, 4.69) is 10.3 Å². The van der Waals surface area contributed by atoms with E-state index in [9.17, 15) is 0 Å². The van der Waals surface area contributed by atoms with Crippen LogP contribution in [0.5, 0.6) is 5.75 Å². The summed E-state index contributed by atoms with van der Waals surface area (Å²) < 4.78 is 5.12. The molecule has 1 aromatic carbocycles. The second-order valence-electron chi connectivity index (χ2n) is 4.19. The maximum absolute atomic E-state index is 9.02. The van der Waals surface area contributed by atoms with E-state index in [-0.39, 0.29) is 6.61 Å². The number of nitrogens with one attached hydrogen (secondary N) is 1. The number of nitrogens with zero attached hydrogens (tertiary/aromatic N) is 1. The van der Waals surface area contributed by atoms with E-state index in [0.29, 0.717) is 13.0 Å². The first-order valence-corrected chi connectivity index (χ1v) is 6.25. The molecule has 0 radical (unpaired) electrons. The van der Waals surface area contributed by atoms with E-state index in [0.717, 1.165) is 22.7 Å². The van der Waals surface area contributed by atoms with E-state index >= 15 is 0 Å². The molecule has 4 heteroatoms. The van der Waals surface area contributed by atoms with Gasteiger partial charge in [-0.2, -0.15) is 0 Å². The molecule has 1 heterocycles. The van der Waals surface area contributed by atoms with Gasteiger partial charge in [0.15, 0.2) is 0 Å². The molecule has 2 N–H and O–H groups in total. The minimum absolute atomic E-state index is 0.128. The van der Waals surface area contributed by atoms with Gasteiger partial charge in [-0.05, 0) is 35.7 Å². The van der Waals surface area contributed by atoms with Gasteiger partial charge in [-0.15, -0.1) is 0 Å². The molecule has 0 aliphatic heterocycles. The highest BCUT2D eigenvalue weighted by atomic mass is 16.5. The van der Waals surface area contributed by atoms with Gasteiger partial charge in [0.05, 0.1) is 7.11 Å². The highest BCUT2D eigenvalue weighted by Gasteiger charge is 2.02. The number of hydrogen-bond donors (Lipinski definition) is 2. The SMILES string of the molecule is COc1ccc(CNc2ncccc2CCO)cc1. The lowest BCUT2D eigenvalue weighted by Crippen LogP contribution is -2.05. The van der Waals surface area contributed by atoms with Gasteiger partial charge in [0.25, 0.3) is 0 Å². The number of rotatable bonds is 6. The third-order valence-electron chi connectivity index (χ3n) is 2.89. The van der Waals surface area contributed by atoms with Crippen molar-refractivity contribution in [1.82, 2.24) is 4.98 Å². The molecule has 0 amide bonds. The highest BCUT2D eigenvalue weighted by Crippen LogP contribution is 2.15. The van der Waals surface area contributed by atoms with Crippen LogP contribution in [-0.2, 0) is 13.0 Å². The fourth-order valence-corrected chi connectivity index (χ4v) is 1.85. The van der Waals surface area contributed by atoms with Crippen molar-refractivity contribution >= 4 is 5.82 Å². The van der Waals surface area contributed by atoms with Crippen molar-refractivity contribution in [1.29, 1.82) is 0 Å². The maximum Gasteiger partial charge on any atom is 0.129 e. The zero-order valence-corrected chi connectivity index (χ0v) is 11.0. The van der Waals surface area contributed by atoms with Crippen molar-refractivity contribution in [3.8, 4) is 5.75 Å². The van der Waals surface area contributed by atoms with Crippen molar-refractivity contribution in [2.45, 2.75) is 13.0 Å². The predicted octanol–water partition coefficient (Wildman–Crippen LogP) is 2.24. The summed E-state index contributed by atoms with van der Waals surface area (Å²) in [6.07, 6.45) is 2.36. The molecule has 0 saturated carbocycles. The first-order valence-electron chi connectivity index (χ1n) is 6.25. The fourth-order valence-electron chi connectivity index (χ4n) is 1.85. The van der Waals surface area contributed by atoms with Gasteiger partial charge in [-0.25, -0.2) is 4.98 Å². The summed E-state index contributed by atoms with van der Waals surface area (Å²) in [5.74, 6) is 1.68. The minimum Gasteiger partial charge on any atom is -0.497 e. The predicted molar refractivity (Wildman–Crippen MR) is 75.3 cm³/mol. The number of aliphatic hydroxyl groups excluding tert-OH is 1. The molecule has 0 saturated heterocycles. The molecule has 0 fully saturated rings. The lowest BCUT2D eigenvalue weighted by atomic mass is 10.2. The third kappa shape index (κ3) is 3.69. The average molecular weight is 258 g/mol. The molecule has 0 aliphatic rings. The summed E-state index contributed by atoms with van der Waals surface area (Å²) in [6.45, 7) is 0.822. The molecule has 0 unspecified atom stereocenters. The average Bonchev–Trinajstić information content (AvgIpc) is 2.47. The van der Waals surface area contributed by atoms with E-state index in [1.54, 1.807) is 13.3 Å². The van der Waals surface area contributed by atoms with Crippen molar-refractivity contribution < 1.29 is 9.84 Å². The Morgan fingerprint density at radius 1 is 1.21 bits per heavy atom. The molecule has 100 valence electrons. The number of hydrogen-bond acceptors (Lipinski definition) is 4. The van der Waals surface area contributed by atoms with Gasteiger partial charge in [0.1, 0.15) is 11.6 Å². The number of aliphatic hydroxyl groups is 1. The van der Waals surface area contributed by atoms with Crippen LogP contribution in [0.2, 0.25) is 0 Å². The van der Waals surface area contributed by atoms with E-state index < -0.39 is 0 Å². The summed E-state index contributed by atoms with van der Waals surface area (Å²) in [6, 6.07) is 11.7. The van der Waals surface area contributed by atoms with Crippen LogP contribution >= 0.6 is 0 Å². The molecule has 0 bridgehead atoms. The van der Waals surface area contributed by atoms with Crippen LogP contribution in [0.4, 0.5) is 5.82 Å². The van der Waals surface area contributed by atoms with Crippen molar-refractivity contribution in [3.63, 3.8) is 0 Å². The Hall–Kier alpha value is -2.07. The fraction of sp³-hybridized carbons (Fsp3) is 0.267. The van der Waals surface area contributed by atoms with Crippen LogP contribution in [0.3, 0.4) is 0 Å². The van der Waals surface area contributed by atoms with Gasteiger partial charge in [0.2, 0.25) is 0 Å². The van der Waals surface area contributed by atoms with Crippen molar-refractivity contribution in [2.24, 2.45) is 0 Å². The molecular weight excluding hydrogens is 240 g/mol. The van der Waals surface area contributed by atoms with Gasteiger partial charge < -0.3 is 15.2 Å². The molecule has 0 atom stereocenters. The second-order valence-corrected chi connectivity index (χ2v) is 4.19. The summed E-state index contributed by atoms with van der Waals surface area (Å²) >= 11 is 0. The Morgan fingerprint density at radius 2 is 2.00 bits per heavy atom. The first kappa shape index (κ1) is 13.4. The molecular formula is C15H18N2O2. The van der Waals surface area contributed by atoms with E-state index in [4.69, 9.17) is 9.84 Å². The summed E-state index contributed by atoms with van der Waals surface area (Å²) in [5.41, 5.74) is 2.18. The lowest BCUT2D eigenvalue weighted by Gasteiger charge is -2.10. The monoisotopic (exact) mass is 258 g/mol. The number of anilines is 1. The number of methoxy groups -OCH3 is 1. The van der Waals surface area contributed by atoms with Crippen LogP contribution < -0.4 is 10.1 Å². The molecule has 19 heavy (non-hydrogen) atoms. The minimum atomic E-state index is 0.128. The number of pyridine rings is 1. The van der Waals surface area contributed by atoms with Crippen LogP contribution in [0, 0.1) is 0 Å². The molecule has 0 spiro atoms. The Bertz CT molecular complexity index is 512. The molecule has 0 aliphatic carbocycles. The summed E-state index contributed by atoms with van der Waals surface area (Å²) in [4.78, 5) is 4.30. The number of benzene rings is 1. The van der Waals surface area contributed by atoms with Gasteiger partial charge in [-0.1, -0.05) is 18.2 Å². The van der Waals surface area contributed by atoms with Gasteiger partial charge in [-0.3, -0.25) is 0 Å². The van der Waals surface area contributed by atoms with Crippen LogP contribution in [-0.4, -0.2) is 23.8 Å². The Morgan fingerprint density at radius 3 is 2.68 bits per heavy atom. The normalized spacial score (nSPS) is 10.2. The van der Waals surface area contributed by atoms with E-state index in [1.807, 2.05) is 36.4 Å². The molecule has 4 nitrogen and oxygen atoms in total. The third-order valence-corrected chi connectivity index (χ3v) is 2.89. The number of ether oxygens (including phenoxy) is 1. The molecule has 2 rings (SSSR count). The Kier molecular flexibility index (Phi) is 4.75.